The highest BCUT2D eigenvalue weighted by Gasteiger charge is 2.17. The molecule has 2 aromatic carbocycles. The third-order valence-corrected chi connectivity index (χ3v) is 3.66. The highest BCUT2D eigenvalue weighted by atomic mass is 35.5. The Hall–Kier alpha value is -2.51. The number of hydrogen-bond donors (Lipinski definition) is 0. The number of carbonyl (C=O) groups excluding carboxylic acids is 3. The van der Waals surface area contributed by atoms with Gasteiger partial charge in [-0.2, -0.15) is 0 Å². The summed E-state index contributed by atoms with van der Waals surface area (Å²) in [4.78, 5) is 35.2. The zero-order valence-corrected chi connectivity index (χ0v) is 14.4. The molecule has 136 valence electrons. The number of esters is 2. The number of ketones is 1. The predicted molar refractivity (Wildman–Crippen MR) is 88.4 cm³/mol. The molecule has 0 saturated heterocycles. The molecule has 26 heavy (non-hydrogen) atoms. The minimum absolute atomic E-state index is 0.115. The first-order chi connectivity index (χ1) is 12.3. The zero-order chi connectivity index (χ0) is 19.3. The standard InChI is InChI=1S/C17H10Cl2F2O5/c18-14-5-9(20)1-3-12(14)16(23)25-7-11(22)8-26-17(24)13-4-2-10(21)6-15(13)19/h1-6H,7-8H2. The first-order valence-electron chi connectivity index (χ1n) is 7.04. The minimum Gasteiger partial charge on any atom is -0.454 e. The maximum atomic E-state index is 12.9. The normalized spacial score (nSPS) is 10.3. The molecule has 5 nitrogen and oxygen atoms in total. The fourth-order valence-electron chi connectivity index (χ4n) is 1.80. The molecule has 0 aliphatic heterocycles. The van der Waals surface area contributed by atoms with E-state index in [1.165, 1.54) is 0 Å². The van der Waals surface area contributed by atoms with Crippen molar-refractivity contribution in [2.24, 2.45) is 0 Å². The lowest BCUT2D eigenvalue weighted by atomic mass is 10.2. The Morgan fingerprint density at radius 2 is 1.15 bits per heavy atom. The molecule has 0 aliphatic carbocycles. The number of benzene rings is 2. The number of Topliss-reactive ketones (excluding diaryl/α,β-unsaturated/α-hetero) is 1. The fraction of sp³-hybridized carbons (Fsp3) is 0.118. The first kappa shape index (κ1) is 19.8. The van der Waals surface area contributed by atoms with Crippen LogP contribution in [0.2, 0.25) is 10.0 Å². The average molecular weight is 403 g/mol. The number of hydrogen-bond acceptors (Lipinski definition) is 5. The topological polar surface area (TPSA) is 69.7 Å². The smallest absolute Gasteiger partial charge is 0.340 e. The fourth-order valence-corrected chi connectivity index (χ4v) is 2.29. The van der Waals surface area contributed by atoms with Gasteiger partial charge in [0.2, 0.25) is 5.78 Å². The van der Waals surface area contributed by atoms with E-state index in [-0.39, 0.29) is 21.2 Å². The number of halogens is 4. The molecular formula is C17H10Cl2F2O5. The molecular weight excluding hydrogens is 393 g/mol. The van der Waals surface area contributed by atoms with E-state index in [0.29, 0.717) is 0 Å². The van der Waals surface area contributed by atoms with Crippen LogP contribution in [0.3, 0.4) is 0 Å². The van der Waals surface area contributed by atoms with Crippen molar-refractivity contribution in [3.05, 3.63) is 69.2 Å². The molecule has 0 fully saturated rings. The summed E-state index contributed by atoms with van der Waals surface area (Å²) in [6, 6.07) is 6.10. The maximum Gasteiger partial charge on any atom is 0.340 e. The molecule has 0 heterocycles. The summed E-state index contributed by atoms with van der Waals surface area (Å²) in [6.45, 7) is -1.37. The SMILES string of the molecule is O=C(COC(=O)c1ccc(F)cc1Cl)COC(=O)c1ccc(F)cc1Cl. The molecule has 2 rings (SSSR count). The van der Waals surface area contributed by atoms with Crippen molar-refractivity contribution in [1.82, 2.24) is 0 Å². The third-order valence-electron chi connectivity index (χ3n) is 3.03. The van der Waals surface area contributed by atoms with Gasteiger partial charge in [0.05, 0.1) is 21.2 Å². The Balaban J connectivity index is 1.85. The van der Waals surface area contributed by atoms with Gasteiger partial charge < -0.3 is 9.47 Å². The molecule has 0 unspecified atom stereocenters. The average Bonchev–Trinajstić information content (AvgIpc) is 2.57. The molecule has 0 spiro atoms. The van der Waals surface area contributed by atoms with E-state index >= 15 is 0 Å². The zero-order valence-electron chi connectivity index (χ0n) is 12.9. The summed E-state index contributed by atoms with van der Waals surface area (Å²) in [7, 11) is 0. The van der Waals surface area contributed by atoms with Gasteiger partial charge >= 0.3 is 11.9 Å². The van der Waals surface area contributed by atoms with Gasteiger partial charge in [-0.1, -0.05) is 23.2 Å². The molecule has 9 heteroatoms. The number of ether oxygens (including phenoxy) is 2. The Morgan fingerprint density at radius 1 is 0.769 bits per heavy atom. The molecule has 0 radical (unpaired) electrons. The summed E-state index contributed by atoms with van der Waals surface area (Å²) in [5, 5.41) is -0.334. The van der Waals surface area contributed by atoms with Crippen molar-refractivity contribution in [2.45, 2.75) is 0 Å². The molecule has 0 aliphatic rings. The van der Waals surface area contributed by atoms with Gasteiger partial charge in [0, 0.05) is 0 Å². The van der Waals surface area contributed by atoms with Crippen LogP contribution in [0.1, 0.15) is 20.7 Å². The van der Waals surface area contributed by atoms with Crippen LogP contribution >= 0.6 is 23.2 Å². The monoisotopic (exact) mass is 402 g/mol. The second kappa shape index (κ2) is 8.73. The molecule has 0 bridgehead atoms. The second-order valence-electron chi connectivity index (χ2n) is 4.94. The van der Waals surface area contributed by atoms with Crippen LogP contribution in [0, 0.1) is 11.6 Å². The van der Waals surface area contributed by atoms with Gasteiger partial charge in [0.25, 0.3) is 0 Å². The number of rotatable bonds is 6. The van der Waals surface area contributed by atoms with E-state index in [9.17, 15) is 23.2 Å². The predicted octanol–water partition coefficient (Wildman–Crippen LogP) is 3.85. The quantitative estimate of drug-likeness (QED) is 0.686. The van der Waals surface area contributed by atoms with Gasteiger partial charge in [-0.05, 0) is 36.4 Å². The van der Waals surface area contributed by atoms with Crippen molar-refractivity contribution in [3.8, 4) is 0 Å². The summed E-state index contributed by atoms with van der Waals surface area (Å²) in [6.07, 6.45) is 0. The molecule has 0 aromatic heterocycles. The van der Waals surface area contributed by atoms with Crippen molar-refractivity contribution in [3.63, 3.8) is 0 Å². The van der Waals surface area contributed by atoms with Crippen LogP contribution in [0.25, 0.3) is 0 Å². The number of carbonyl (C=O) groups is 3. The Labute approximate surface area is 156 Å². The highest BCUT2D eigenvalue weighted by Crippen LogP contribution is 2.19. The lowest BCUT2D eigenvalue weighted by molar-refractivity contribution is -0.125. The Bertz CT molecular complexity index is 801. The van der Waals surface area contributed by atoms with E-state index in [4.69, 9.17) is 32.7 Å². The van der Waals surface area contributed by atoms with E-state index < -0.39 is 42.6 Å². The Morgan fingerprint density at radius 3 is 1.50 bits per heavy atom. The molecule has 2 aromatic rings. The van der Waals surface area contributed by atoms with E-state index in [1.54, 1.807) is 0 Å². The van der Waals surface area contributed by atoms with Crippen molar-refractivity contribution < 1.29 is 32.6 Å². The summed E-state index contributed by atoms with van der Waals surface area (Å²) < 4.78 is 35.3. The summed E-state index contributed by atoms with van der Waals surface area (Å²) >= 11 is 11.4. The van der Waals surface area contributed by atoms with Gasteiger partial charge in [-0.25, -0.2) is 18.4 Å². The lowest BCUT2D eigenvalue weighted by Gasteiger charge is -2.07. The maximum absolute atomic E-state index is 12.9. The third kappa shape index (κ3) is 5.24. The van der Waals surface area contributed by atoms with Crippen molar-refractivity contribution in [2.75, 3.05) is 13.2 Å². The molecule has 0 saturated carbocycles. The van der Waals surface area contributed by atoms with Gasteiger partial charge in [0.15, 0.2) is 13.2 Å². The summed E-state index contributed by atoms with van der Waals surface area (Å²) in [5.74, 6) is -3.85. The first-order valence-corrected chi connectivity index (χ1v) is 7.79. The van der Waals surface area contributed by atoms with Crippen LogP contribution < -0.4 is 0 Å². The van der Waals surface area contributed by atoms with Gasteiger partial charge in [0.1, 0.15) is 11.6 Å². The van der Waals surface area contributed by atoms with Crippen LogP contribution in [0.15, 0.2) is 36.4 Å². The minimum atomic E-state index is -0.934. The summed E-state index contributed by atoms with van der Waals surface area (Å²) in [5.41, 5.74) is -0.230. The van der Waals surface area contributed by atoms with Crippen LogP contribution in [-0.4, -0.2) is 30.9 Å². The largest absolute Gasteiger partial charge is 0.454 e. The Kier molecular flexibility index (Phi) is 6.65. The lowest BCUT2D eigenvalue weighted by Crippen LogP contribution is -2.21. The van der Waals surface area contributed by atoms with E-state index in [0.717, 1.165) is 36.4 Å². The van der Waals surface area contributed by atoms with Crippen molar-refractivity contribution >= 4 is 40.9 Å². The van der Waals surface area contributed by atoms with Gasteiger partial charge in [-0.15, -0.1) is 0 Å². The second-order valence-corrected chi connectivity index (χ2v) is 5.75. The van der Waals surface area contributed by atoms with Crippen LogP contribution in [0.4, 0.5) is 8.78 Å². The van der Waals surface area contributed by atoms with E-state index in [2.05, 4.69) is 0 Å². The van der Waals surface area contributed by atoms with Gasteiger partial charge in [-0.3, -0.25) is 4.79 Å². The molecule has 0 N–H and O–H groups in total. The van der Waals surface area contributed by atoms with Crippen LogP contribution in [-0.2, 0) is 14.3 Å². The van der Waals surface area contributed by atoms with Crippen LogP contribution in [0.5, 0.6) is 0 Å². The molecule has 0 amide bonds. The van der Waals surface area contributed by atoms with E-state index in [1.807, 2.05) is 0 Å². The molecule has 0 atom stereocenters. The van der Waals surface area contributed by atoms with Crippen molar-refractivity contribution in [1.29, 1.82) is 0 Å². The highest BCUT2D eigenvalue weighted by molar-refractivity contribution is 6.34.